The summed E-state index contributed by atoms with van der Waals surface area (Å²) in [5, 5.41) is 0.702. The molecule has 3 heteroatoms. The van der Waals surface area contributed by atoms with Crippen LogP contribution in [0, 0.1) is 0 Å². The SMILES string of the molecule is O=C(OC/C=C/c1ccc(Cl)cc1)c1ccccc1. The zero-order chi connectivity index (χ0) is 13.5. The number of hydrogen-bond donors (Lipinski definition) is 0. The van der Waals surface area contributed by atoms with E-state index in [-0.39, 0.29) is 12.6 Å². The van der Waals surface area contributed by atoms with Crippen LogP contribution in [-0.4, -0.2) is 12.6 Å². The molecule has 0 saturated heterocycles. The quantitative estimate of drug-likeness (QED) is 0.780. The van der Waals surface area contributed by atoms with Crippen LogP contribution in [0.15, 0.2) is 60.7 Å². The lowest BCUT2D eigenvalue weighted by Gasteiger charge is -2.01. The van der Waals surface area contributed by atoms with E-state index >= 15 is 0 Å². The van der Waals surface area contributed by atoms with Gasteiger partial charge in [0.05, 0.1) is 5.56 Å². The monoisotopic (exact) mass is 272 g/mol. The fraction of sp³-hybridized carbons (Fsp3) is 0.0625. The van der Waals surface area contributed by atoms with Crippen LogP contribution >= 0.6 is 11.6 Å². The maximum atomic E-state index is 11.6. The Morgan fingerprint density at radius 3 is 2.42 bits per heavy atom. The van der Waals surface area contributed by atoms with Crippen LogP contribution in [0.4, 0.5) is 0 Å². The summed E-state index contributed by atoms with van der Waals surface area (Å²) in [4.78, 5) is 11.6. The Morgan fingerprint density at radius 1 is 1.05 bits per heavy atom. The fourth-order valence-electron chi connectivity index (χ4n) is 1.54. The molecule has 19 heavy (non-hydrogen) atoms. The van der Waals surface area contributed by atoms with E-state index in [1.165, 1.54) is 0 Å². The molecule has 96 valence electrons. The fourth-order valence-corrected chi connectivity index (χ4v) is 1.67. The van der Waals surface area contributed by atoms with Gasteiger partial charge in [0.2, 0.25) is 0 Å². The van der Waals surface area contributed by atoms with Crippen LogP contribution in [0.3, 0.4) is 0 Å². The molecular formula is C16H13ClO2. The molecule has 0 fully saturated rings. The standard InChI is InChI=1S/C16H13ClO2/c17-15-10-8-13(9-11-15)5-4-12-19-16(18)14-6-2-1-3-7-14/h1-11H,12H2/b5-4+. The summed E-state index contributed by atoms with van der Waals surface area (Å²) in [6.07, 6.45) is 3.68. The van der Waals surface area contributed by atoms with E-state index in [2.05, 4.69) is 0 Å². The topological polar surface area (TPSA) is 26.3 Å². The third kappa shape index (κ3) is 4.27. The summed E-state index contributed by atoms with van der Waals surface area (Å²) < 4.78 is 5.12. The minimum absolute atomic E-state index is 0.246. The van der Waals surface area contributed by atoms with Crippen molar-refractivity contribution in [2.75, 3.05) is 6.61 Å². The van der Waals surface area contributed by atoms with Gasteiger partial charge < -0.3 is 4.74 Å². The van der Waals surface area contributed by atoms with E-state index in [1.54, 1.807) is 30.3 Å². The summed E-state index contributed by atoms with van der Waals surface area (Å²) in [5.74, 6) is -0.318. The van der Waals surface area contributed by atoms with Gasteiger partial charge in [-0.2, -0.15) is 0 Å². The Kier molecular flexibility index (Phi) is 4.76. The van der Waals surface area contributed by atoms with Crippen molar-refractivity contribution in [1.82, 2.24) is 0 Å². The maximum absolute atomic E-state index is 11.6. The van der Waals surface area contributed by atoms with Crippen molar-refractivity contribution in [3.63, 3.8) is 0 Å². The van der Waals surface area contributed by atoms with Gasteiger partial charge in [-0.05, 0) is 35.9 Å². The first-order chi connectivity index (χ1) is 9.25. The first-order valence-electron chi connectivity index (χ1n) is 5.90. The van der Waals surface area contributed by atoms with E-state index in [0.29, 0.717) is 10.6 Å². The van der Waals surface area contributed by atoms with Gasteiger partial charge in [-0.1, -0.05) is 48.0 Å². The van der Waals surface area contributed by atoms with Gasteiger partial charge in [-0.25, -0.2) is 4.79 Å². The summed E-state index contributed by atoms with van der Waals surface area (Å²) in [5.41, 5.74) is 1.57. The first-order valence-corrected chi connectivity index (χ1v) is 6.28. The van der Waals surface area contributed by atoms with E-state index in [0.717, 1.165) is 5.56 Å². The van der Waals surface area contributed by atoms with Crippen LogP contribution < -0.4 is 0 Å². The van der Waals surface area contributed by atoms with E-state index in [4.69, 9.17) is 16.3 Å². The van der Waals surface area contributed by atoms with Gasteiger partial charge in [0.25, 0.3) is 0 Å². The predicted octanol–water partition coefficient (Wildman–Crippen LogP) is 4.21. The molecule has 0 bridgehead atoms. The number of rotatable bonds is 4. The van der Waals surface area contributed by atoms with Crippen LogP contribution in [0.5, 0.6) is 0 Å². The lowest BCUT2D eigenvalue weighted by Crippen LogP contribution is -2.04. The van der Waals surface area contributed by atoms with Crippen molar-refractivity contribution in [2.24, 2.45) is 0 Å². The average molecular weight is 273 g/mol. The maximum Gasteiger partial charge on any atom is 0.338 e. The molecule has 0 saturated carbocycles. The highest BCUT2D eigenvalue weighted by Gasteiger charge is 2.03. The second-order valence-electron chi connectivity index (χ2n) is 3.92. The molecule has 2 rings (SSSR count). The molecule has 0 heterocycles. The summed E-state index contributed by atoms with van der Waals surface area (Å²) >= 11 is 5.79. The molecule has 0 unspecified atom stereocenters. The van der Waals surface area contributed by atoms with E-state index < -0.39 is 0 Å². The molecular weight excluding hydrogens is 260 g/mol. The van der Waals surface area contributed by atoms with Crippen molar-refractivity contribution in [1.29, 1.82) is 0 Å². The second-order valence-corrected chi connectivity index (χ2v) is 4.35. The number of benzene rings is 2. The first kappa shape index (κ1) is 13.4. The number of ether oxygens (including phenoxy) is 1. The normalized spacial score (nSPS) is 10.6. The van der Waals surface area contributed by atoms with Gasteiger partial charge in [-0.3, -0.25) is 0 Å². The van der Waals surface area contributed by atoms with Crippen molar-refractivity contribution in [2.45, 2.75) is 0 Å². The molecule has 2 aromatic rings. The van der Waals surface area contributed by atoms with Crippen molar-refractivity contribution in [3.8, 4) is 0 Å². The van der Waals surface area contributed by atoms with Crippen LogP contribution in [-0.2, 0) is 4.74 Å². The smallest absolute Gasteiger partial charge is 0.338 e. The molecule has 0 aliphatic rings. The highest BCUT2D eigenvalue weighted by atomic mass is 35.5. The van der Waals surface area contributed by atoms with Crippen LogP contribution in [0.1, 0.15) is 15.9 Å². The molecule has 0 amide bonds. The molecule has 0 spiro atoms. The number of carbonyl (C=O) groups is 1. The Morgan fingerprint density at radius 2 is 1.74 bits per heavy atom. The lowest BCUT2D eigenvalue weighted by atomic mass is 10.2. The van der Waals surface area contributed by atoms with Crippen LogP contribution in [0.25, 0.3) is 6.08 Å². The minimum atomic E-state index is -0.318. The molecule has 0 N–H and O–H groups in total. The van der Waals surface area contributed by atoms with Gasteiger partial charge in [0, 0.05) is 5.02 Å². The van der Waals surface area contributed by atoms with E-state index in [9.17, 15) is 4.79 Å². The zero-order valence-electron chi connectivity index (χ0n) is 10.3. The average Bonchev–Trinajstić information content (AvgIpc) is 2.46. The Hall–Kier alpha value is -2.06. The molecule has 0 aliphatic heterocycles. The summed E-state index contributed by atoms with van der Waals surface area (Å²) in [6.45, 7) is 0.246. The molecule has 0 aliphatic carbocycles. The van der Waals surface area contributed by atoms with E-state index in [1.807, 2.05) is 36.4 Å². The molecule has 2 aromatic carbocycles. The van der Waals surface area contributed by atoms with Crippen LogP contribution in [0.2, 0.25) is 5.02 Å². The number of carbonyl (C=O) groups excluding carboxylic acids is 1. The van der Waals surface area contributed by atoms with Crippen molar-refractivity contribution < 1.29 is 9.53 Å². The highest BCUT2D eigenvalue weighted by molar-refractivity contribution is 6.30. The molecule has 0 radical (unpaired) electrons. The largest absolute Gasteiger partial charge is 0.458 e. The molecule has 0 atom stereocenters. The van der Waals surface area contributed by atoms with Gasteiger partial charge in [0.1, 0.15) is 6.61 Å². The Bertz CT molecular complexity index is 559. The van der Waals surface area contributed by atoms with Gasteiger partial charge in [-0.15, -0.1) is 0 Å². The molecule has 2 nitrogen and oxygen atoms in total. The van der Waals surface area contributed by atoms with Crippen molar-refractivity contribution in [3.05, 3.63) is 76.8 Å². The number of esters is 1. The number of hydrogen-bond acceptors (Lipinski definition) is 2. The predicted molar refractivity (Wildman–Crippen MR) is 77.2 cm³/mol. The summed E-state index contributed by atoms with van der Waals surface area (Å²) in [7, 11) is 0. The third-order valence-electron chi connectivity index (χ3n) is 2.50. The summed E-state index contributed by atoms with van der Waals surface area (Å²) in [6, 6.07) is 16.4. The van der Waals surface area contributed by atoms with Crippen molar-refractivity contribution >= 4 is 23.6 Å². The highest BCUT2D eigenvalue weighted by Crippen LogP contribution is 2.10. The zero-order valence-corrected chi connectivity index (χ0v) is 11.0. The number of halogens is 1. The third-order valence-corrected chi connectivity index (χ3v) is 2.75. The Balaban J connectivity index is 1.83. The van der Waals surface area contributed by atoms with Gasteiger partial charge >= 0.3 is 5.97 Å². The second kappa shape index (κ2) is 6.76. The lowest BCUT2D eigenvalue weighted by molar-refractivity contribution is 0.0550. The Labute approximate surface area is 117 Å². The van der Waals surface area contributed by atoms with Gasteiger partial charge in [0.15, 0.2) is 0 Å². The minimum Gasteiger partial charge on any atom is -0.458 e. The molecule has 0 aromatic heterocycles.